The van der Waals surface area contributed by atoms with Crippen molar-refractivity contribution in [2.24, 2.45) is 7.05 Å². The van der Waals surface area contributed by atoms with Crippen LogP contribution in [0.3, 0.4) is 0 Å². The van der Waals surface area contributed by atoms with Crippen molar-refractivity contribution in [3.63, 3.8) is 0 Å². The van der Waals surface area contributed by atoms with E-state index in [1.807, 2.05) is 39.1 Å². The van der Waals surface area contributed by atoms with E-state index in [0.29, 0.717) is 5.82 Å². The fourth-order valence-electron chi connectivity index (χ4n) is 2.89. The highest BCUT2D eigenvalue weighted by atomic mass is 16.3. The van der Waals surface area contributed by atoms with Crippen molar-refractivity contribution in [2.75, 3.05) is 5.32 Å². The first-order valence-corrected chi connectivity index (χ1v) is 8.93. The summed E-state index contributed by atoms with van der Waals surface area (Å²) in [7, 11) is 1.87. The van der Waals surface area contributed by atoms with E-state index in [1.165, 1.54) is 0 Å². The Morgan fingerprint density at radius 2 is 2.08 bits per heavy atom. The quantitative estimate of drug-likeness (QED) is 0.677. The Bertz CT molecular complexity index is 869. The lowest BCUT2D eigenvalue weighted by molar-refractivity contribution is 0.0680. The molecule has 0 bridgehead atoms. The van der Waals surface area contributed by atoms with E-state index in [1.54, 1.807) is 17.1 Å². The summed E-state index contributed by atoms with van der Waals surface area (Å²) in [5.74, 6) is 1.34. The Kier molecular flexibility index (Phi) is 5.18. The van der Waals surface area contributed by atoms with Crippen molar-refractivity contribution >= 4 is 16.9 Å². The topological polar surface area (TPSA) is 88.8 Å². The zero-order chi connectivity index (χ0) is 18.7. The average molecular weight is 354 g/mol. The third-order valence-electron chi connectivity index (χ3n) is 4.29. The second kappa shape index (κ2) is 7.37. The van der Waals surface area contributed by atoms with Gasteiger partial charge in [-0.25, -0.2) is 9.97 Å². The maximum atomic E-state index is 9.87. The Hall–Kier alpha value is -2.54. The molecule has 0 amide bonds. The summed E-state index contributed by atoms with van der Waals surface area (Å²) in [6.45, 7) is 5.80. The Morgan fingerprint density at radius 3 is 2.77 bits per heavy atom. The van der Waals surface area contributed by atoms with Gasteiger partial charge in [-0.15, -0.1) is 0 Å². The summed E-state index contributed by atoms with van der Waals surface area (Å²) in [4.78, 5) is 13.7. The molecule has 138 valence electrons. The predicted octanol–water partition coefficient (Wildman–Crippen LogP) is 3.17. The molecule has 3 aromatic rings. The predicted molar refractivity (Wildman–Crippen MR) is 103 cm³/mol. The maximum absolute atomic E-state index is 9.87. The molecule has 0 unspecified atom stereocenters. The molecule has 0 aliphatic heterocycles. The van der Waals surface area contributed by atoms with Crippen LogP contribution in [0.1, 0.15) is 40.0 Å². The normalized spacial score (nSPS) is 13.1. The molecular weight excluding hydrogens is 328 g/mol. The van der Waals surface area contributed by atoms with Crippen LogP contribution in [0.2, 0.25) is 0 Å². The van der Waals surface area contributed by atoms with E-state index in [4.69, 9.17) is 4.98 Å². The zero-order valence-corrected chi connectivity index (χ0v) is 15.8. The maximum Gasteiger partial charge on any atom is 0.182 e. The molecular formula is C19H26N6O. The lowest BCUT2D eigenvalue weighted by atomic mass is 10.00. The molecule has 0 aromatic carbocycles. The fraction of sp³-hybridized carbons (Fsp3) is 0.474. The van der Waals surface area contributed by atoms with E-state index < -0.39 is 5.60 Å². The summed E-state index contributed by atoms with van der Waals surface area (Å²) in [6, 6.07) is 5.91. The average Bonchev–Trinajstić information content (AvgIpc) is 2.96. The molecule has 0 saturated carbocycles. The number of hydrogen-bond donors (Lipinski definition) is 2. The van der Waals surface area contributed by atoms with Crippen LogP contribution in [-0.4, -0.2) is 41.5 Å². The van der Waals surface area contributed by atoms with Crippen LogP contribution in [0.25, 0.3) is 22.6 Å². The van der Waals surface area contributed by atoms with Gasteiger partial charge in [-0.2, -0.15) is 5.10 Å². The Morgan fingerprint density at radius 1 is 1.27 bits per heavy atom. The minimum Gasteiger partial charge on any atom is -0.390 e. The number of nitrogens with zero attached hydrogens (tertiary/aromatic N) is 5. The standard InChI is InChI=1S/C19H26N6O/c1-13(8-7-10-19(2,3)26)22-16-14-12-21-25(4)18(14)24-17(23-16)15-9-5-6-11-20-15/h5-6,9,11-13,26H,7-8,10H2,1-4H3,(H,22,23,24)/t13-/m1/s1. The van der Waals surface area contributed by atoms with E-state index in [-0.39, 0.29) is 6.04 Å². The number of aromatic nitrogens is 5. The number of anilines is 1. The van der Waals surface area contributed by atoms with Gasteiger partial charge < -0.3 is 10.4 Å². The van der Waals surface area contributed by atoms with E-state index in [0.717, 1.165) is 41.8 Å². The van der Waals surface area contributed by atoms with Gasteiger partial charge in [-0.3, -0.25) is 9.67 Å². The number of pyridine rings is 1. The van der Waals surface area contributed by atoms with E-state index in [9.17, 15) is 5.11 Å². The van der Waals surface area contributed by atoms with Gasteiger partial charge in [0.25, 0.3) is 0 Å². The molecule has 3 heterocycles. The van der Waals surface area contributed by atoms with Crippen molar-refractivity contribution in [1.82, 2.24) is 24.7 Å². The molecule has 3 aromatic heterocycles. The number of fused-ring (bicyclic) bond motifs is 1. The summed E-state index contributed by atoms with van der Waals surface area (Å²) in [5.41, 5.74) is 0.873. The number of hydrogen-bond acceptors (Lipinski definition) is 6. The van der Waals surface area contributed by atoms with Crippen molar-refractivity contribution in [1.29, 1.82) is 0 Å². The third kappa shape index (κ3) is 4.35. The minimum atomic E-state index is -0.628. The van der Waals surface area contributed by atoms with Gasteiger partial charge in [0.05, 0.1) is 17.2 Å². The molecule has 0 fully saturated rings. The first-order valence-electron chi connectivity index (χ1n) is 8.93. The summed E-state index contributed by atoms with van der Waals surface area (Å²) < 4.78 is 1.74. The number of rotatable bonds is 7. The third-order valence-corrected chi connectivity index (χ3v) is 4.29. The molecule has 0 aliphatic carbocycles. The van der Waals surface area contributed by atoms with Gasteiger partial charge in [0.2, 0.25) is 0 Å². The molecule has 7 heteroatoms. The van der Waals surface area contributed by atoms with Gasteiger partial charge in [-0.05, 0) is 52.2 Å². The largest absolute Gasteiger partial charge is 0.390 e. The highest BCUT2D eigenvalue weighted by Crippen LogP contribution is 2.25. The number of aliphatic hydroxyl groups is 1. The van der Waals surface area contributed by atoms with Crippen LogP contribution >= 0.6 is 0 Å². The molecule has 0 radical (unpaired) electrons. The zero-order valence-electron chi connectivity index (χ0n) is 15.8. The second-order valence-electron chi connectivity index (χ2n) is 7.37. The second-order valence-corrected chi connectivity index (χ2v) is 7.37. The van der Waals surface area contributed by atoms with E-state index >= 15 is 0 Å². The Balaban J connectivity index is 1.85. The smallest absolute Gasteiger partial charge is 0.182 e. The minimum absolute atomic E-state index is 0.215. The number of aryl methyl sites for hydroxylation is 1. The summed E-state index contributed by atoms with van der Waals surface area (Å²) in [6.07, 6.45) is 6.16. The van der Waals surface area contributed by atoms with E-state index in [2.05, 4.69) is 27.3 Å². The van der Waals surface area contributed by atoms with Crippen LogP contribution in [0, 0.1) is 0 Å². The van der Waals surface area contributed by atoms with Gasteiger partial charge in [0.15, 0.2) is 11.5 Å². The van der Waals surface area contributed by atoms with Crippen molar-refractivity contribution in [3.8, 4) is 11.5 Å². The highest BCUT2D eigenvalue weighted by Gasteiger charge is 2.16. The fourth-order valence-corrected chi connectivity index (χ4v) is 2.89. The molecule has 7 nitrogen and oxygen atoms in total. The summed E-state index contributed by atoms with van der Waals surface area (Å²) >= 11 is 0. The first-order chi connectivity index (χ1) is 12.3. The van der Waals surface area contributed by atoms with Gasteiger partial charge in [0, 0.05) is 19.3 Å². The lowest BCUT2D eigenvalue weighted by Gasteiger charge is -2.19. The SMILES string of the molecule is C[C@H](CCCC(C)(C)O)Nc1nc(-c2ccccn2)nc2c1cnn2C. The number of nitrogens with one attached hydrogen (secondary N) is 1. The van der Waals surface area contributed by atoms with Crippen molar-refractivity contribution < 1.29 is 5.11 Å². The lowest BCUT2D eigenvalue weighted by Crippen LogP contribution is -2.21. The highest BCUT2D eigenvalue weighted by molar-refractivity contribution is 5.88. The molecule has 3 rings (SSSR count). The van der Waals surface area contributed by atoms with Crippen LogP contribution in [0.5, 0.6) is 0 Å². The van der Waals surface area contributed by atoms with Crippen LogP contribution < -0.4 is 5.32 Å². The molecule has 0 aliphatic rings. The molecule has 26 heavy (non-hydrogen) atoms. The molecule has 1 atom stereocenters. The van der Waals surface area contributed by atoms with Crippen LogP contribution in [-0.2, 0) is 7.05 Å². The van der Waals surface area contributed by atoms with Crippen molar-refractivity contribution in [3.05, 3.63) is 30.6 Å². The van der Waals surface area contributed by atoms with Crippen LogP contribution in [0.15, 0.2) is 30.6 Å². The first kappa shape index (κ1) is 18.3. The van der Waals surface area contributed by atoms with Crippen molar-refractivity contribution in [2.45, 2.75) is 51.7 Å². The van der Waals surface area contributed by atoms with Crippen LogP contribution in [0.4, 0.5) is 5.82 Å². The molecule has 2 N–H and O–H groups in total. The molecule has 0 saturated heterocycles. The van der Waals surface area contributed by atoms with Gasteiger partial charge in [-0.1, -0.05) is 6.07 Å². The van der Waals surface area contributed by atoms with Gasteiger partial charge in [0.1, 0.15) is 11.5 Å². The summed E-state index contributed by atoms with van der Waals surface area (Å²) in [5, 5.41) is 18.6. The molecule has 0 spiro atoms. The van der Waals surface area contributed by atoms with Gasteiger partial charge >= 0.3 is 0 Å². The Labute approximate surface area is 153 Å². The monoisotopic (exact) mass is 354 g/mol.